The van der Waals surface area contributed by atoms with Crippen LogP contribution in [0.3, 0.4) is 0 Å². The summed E-state index contributed by atoms with van der Waals surface area (Å²) >= 11 is 0. The van der Waals surface area contributed by atoms with E-state index >= 15 is 0 Å². The van der Waals surface area contributed by atoms with Gasteiger partial charge in [-0.05, 0) is 24.9 Å². The minimum Gasteiger partial charge on any atom is -0.305 e. The fraction of sp³-hybridized carbons (Fsp3) is 0.538. The monoisotopic (exact) mass is 220 g/mol. The van der Waals surface area contributed by atoms with E-state index in [4.69, 9.17) is 4.84 Å². The number of hydrogen-bond acceptors (Lipinski definition) is 3. The van der Waals surface area contributed by atoms with Gasteiger partial charge in [0.25, 0.3) is 0 Å². The van der Waals surface area contributed by atoms with Crippen molar-refractivity contribution in [1.82, 2.24) is 10.4 Å². The van der Waals surface area contributed by atoms with Gasteiger partial charge in [-0.25, -0.2) is 0 Å². The Labute approximate surface area is 97.4 Å². The van der Waals surface area contributed by atoms with E-state index in [1.54, 1.807) is 7.11 Å². The maximum absolute atomic E-state index is 4.96. The van der Waals surface area contributed by atoms with E-state index in [0.29, 0.717) is 6.04 Å². The van der Waals surface area contributed by atoms with Gasteiger partial charge >= 0.3 is 0 Å². The van der Waals surface area contributed by atoms with Gasteiger partial charge in [0.2, 0.25) is 0 Å². The lowest BCUT2D eigenvalue weighted by Crippen LogP contribution is -2.32. The van der Waals surface area contributed by atoms with Crippen LogP contribution < -0.4 is 5.48 Å². The number of hydrogen-bond donors (Lipinski definition) is 1. The molecule has 1 aliphatic heterocycles. The fourth-order valence-electron chi connectivity index (χ4n) is 2.23. The number of benzene rings is 1. The van der Waals surface area contributed by atoms with Crippen LogP contribution in [0.4, 0.5) is 0 Å². The van der Waals surface area contributed by atoms with E-state index in [0.717, 1.165) is 19.5 Å². The Morgan fingerprint density at radius 1 is 1.38 bits per heavy atom. The van der Waals surface area contributed by atoms with Gasteiger partial charge in [-0.2, -0.15) is 5.48 Å². The minimum absolute atomic E-state index is 0.501. The molecule has 3 nitrogen and oxygen atoms in total. The van der Waals surface area contributed by atoms with Crippen molar-refractivity contribution in [3.63, 3.8) is 0 Å². The molecule has 1 fully saturated rings. The smallest absolute Gasteiger partial charge is 0.0572 e. The van der Waals surface area contributed by atoms with Crippen LogP contribution in [0.5, 0.6) is 0 Å². The molecule has 1 unspecified atom stereocenters. The van der Waals surface area contributed by atoms with Crippen LogP contribution in [-0.2, 0) is 11.3 Å². The topological polar surface area (TPSA) is 24.5 Å². The Kier molecular flexibility index (Phi) is 4.34. The summed E-state index contributed by atoms with van der Waals surface area (Å²) in [5.41, 5.74) is 4.45. The number of hydroxylamine groups is 1. The van der Waals surface area contributed by atoms with Crippen LogP contribution in [0, 0.1) is 0 Å². The molecule has 1 aromatic rings. The van der Waals surface area contributed by atoms with Crippen molar-refractivity contribution < 1.29 is 4.84 Å². The molecule has 1 aliphatic rings. The fourth-order valence-corrected chi connectivity index (χ4v) is 2.23. The molecule has 0 aliphatic carbocycles. The highest BCUT2D eigenvalue weighted by Gasteiger charge is 2.21. The third kappa shape index (κ3) is 3.30. The molecule has 0 bridgehead atoms. The molecule has 1 atom stereocenters. The first kappa shape index (κ1) is 11.6. The average molecular weight is 220 g/mol. The summed E-state index contributed by atoms with van der Waals surface area (Å²) in [7, 11) is 1.69. The van der Waals surface area contributed by atoms with Crippen LogP contribution >= 0.6 is 0 Å². The van der Waals surface area contributed by atoms with E-state index < -0.39 is 0 Å². The number of nitrogens with one attached hydrogen (secondary N) is 1. The van der Waals surface area contributed by atoms with Crippen molar-refractivity contribution in [1.29, 1.82) is 0 Å². The molecule has 1 saturated heterocycles. The van der Waals surface area contributed by atoms with Gasteiger partial charge in [-0.1, -0.05) is 30.3 Å². The standard InChI is InChI=1S/C13H20N2O/c1-16-14-13-8-10-15(11-13)9-7-12-5-3-2-4-6-12/h2-6,13-14H,7-11H2,1H3. The van der Waals surface area contributed by atoms with E-state index in [9.17, 15) is 0 Å². The second-order valence-electron chi connectivity index (χ2n) is 4.34. The average Bonchev–Trinajstić information content (AvgIpc) is 2.76. The Bertz CT molecular complexity index is 302. The molecule has 0 saturated carbocycles. The van der Waals surface area contributed by atoms with Gasteiger partial charge in [0.1, 0.15) is 0 Å². The summed E-state index contributed by atoms with van der Waals surface area (Å²) in [6, 6.07) is 11.2. The lowest BCUT2D eigenvalue weighted by atomic mass is 10.1. The zero-order valence-electron chi connectivity index (χ0n) is 9.86. The molecule has 16 heavy (non-hydrogen) atoms. The summed E-state index contributed by atoms with van der Waals surface area (Å²) in [6.07, 6.45) is 2.32. The highest BCUT2D eigenvalue weighted by atomic mass is 16.6. The van der Waals surface area contributed by atoms with Crippen LogP contribution in [-0.4, -0.2) is 37.7 Å². The van der Waals surface area contributed by atoms with Gasteiger partial charge in [0.05, 0.1) is 7.11 Å². The number of likely N-dealkylation sites (tertiary alicyclic amines) is 1. The van der Waals surface area contributed by atoms with Crippen molar-refractivity contribution >= 4 is 0 Å². The molecule has 0 radical (unpaired) electrons. The van der Waals surface area contributed by atoms with E-state index in [-0.39, 0.29) is 0 Å². The predicted molar refractivity (Wildman–Crippen MR) is 65.1 cm³/mol. The van der Waals surface area contributed by atoms with Crippen molar-refractivity contribution in [2.24, 2.45) is 0 Å². The first-order chi connectivity index (χ1) is 7.88. The van der Waals surface area contributed by atoms with Gasteiger partial charge in [-0.3, -0.25) is 0 Å². The molecule has 1 aromatic carbocycles. The first-order valence-electron chi connectivity index (χ1n) is 5.93. The highest BCUT2D eigenvalue weighted by Crippen LogP contribution is 2.10. The quantitative estimate of drug-likeness (QED) is 0.760. The van der Waals surface area contributed by atoms with Gasteiger partial charge in [0.15, 0.2) is 0 Å². The Morgan fingerprint density at radius 3 is 2.94 bits per heavy atom. The Hall–Kier alpha value is -0.900. The summed E-state index contributed by atoms with van der Waals surface area (Å²) in [5, 5.41) is 0. The van der Waals surface area contributed by atoms with Crippen LogP contribution in [0.2, 0.25) is 0 Å². The van der Waals surface area contributed by atoms with Crippen LogP contribution in [0.1, 0.15) is 12.0 Å². The summed E-state index contributed by atoms with van der Waals surface area (Å²) in [5.74, 6) is 0. The van der Waals surface area contributed by atoms with E-state index in [2.05, 4.69) is 40.7 Å². The molecule has 2 rings (SSSR count). The Balaban J connectivity index is 1.72. The first-order valence-corrected chi connectivity index (χ1v) is 5.93. The maximum Gasteiger partial charge on any atom is 0.0572 e. The molecule has 0 aromatic heterocycles. The lowest BCUT2D eigenvalue weighted by Gasteiger charge is -2.15. The minimum atomic E-state index is 0.501. The van der Waals surface area contributed by atoms with Crippen LogP contribution in [0.15, 0.2) is 30.3 Å². The SMILES string of the molecule is CONC1CCN(CCc2ccccc2)C1. The lowest BCUT2D eigenvalue weighted by molar-refractivity contribution is 0.0631. The molecule has 3 heteroatoms. The molecule has 0 amide bonds. The zero-order chi connectivity index (χ0) is 11.2. The molecule has 0 spiro atoms. The van der Waals surface area contributed by atoms with Crippen molar-refractivity contribution in [2.75, 3.05) is 26.7 Å². The largest absolute Gasteiger partial charge is 0.305 e. The second-order valence-corrected chi connectivity index (χ2v) is 4.34. The molecular weight excluding hydrogens is 200 g/mol. The molecule has 88 valence electrons. The third-order valence-electron chi connectivity index (χ3n) is 3.12. The van der Waals surface area contributed by atoms with E-state index in [1.165, 1.54) is 18.5 Å². The summed E-state index contributed by atoms with van der Waals surface area (Å²) in [4.78, 5) is 7.45. The van der Waals surface area contributed by atoms with Crippen molar-refractivity contribution in [3.05, 3.63) is 35.9 Å². The zero-order valence-corrected chi connectivity index (χ0v) is 9.86. The molecule has 1 heterocycles. The normalized spacial score (nSPS) is 21.4. The van der Waals surface area contributed by atoms with Crippen molar-refractivity contribution in [2.45, 2.75) is 18.9 Å². The van der Waals surface area contributed by atoms with E-state index in [1.807, 2.05) is 0 Å². The third-order valence-corrected chi connectivity index (χ3v) is 3.12. The Morgan fingerprint density at radius 2 is 2.19 bits per heavy atom. The number of nitrogens with zero attached hydrogens (tertiary/aromatic N) is 1. The second kappa shape index (κ2) is 5.99. The van der Waals surface area contributed by atoms with Gasteiger partial charge in [0, 0.05) is 19.1 Å². The van der Waals surface area contributed by atoms with Crippen molar-refractivity contribution in [3.8, 4) is 0 Å². The summed E-state index contributed by atoms with van der Waals surface area (Å²) in [6.45, 7) is 3.42. The van der Waals surface area contributed by atoms with Gasteiger partial charge in [-0.15, -0.1) is 0 Å². The van der Waals surface area contributed by atoms with Crippen LogP contribution in [0.25, 0.3) is 0 Å². The predicted octanol–water partition coefficient (Wildman–Crippen LogP) is 1.45. The summed E-state index contributed by atoms with van der Waals surface area (Å²) < 4.78 is 0. The highest BCUT2D eigenvalue weighted by molar-refractivity contribution is 5.14. The molecule has 1 N–H and O–H groups in total. The molecular formula is C13H20N2O. The maximum atomic E-state index is 4.96. The van der Waals surface area contributed by atoms with Gasteiger partial charge < -0.3 is 9.74 Å². The number of rotatable bonds is 5.